The van der Waals surface area contributed by atoms with Gasteiger partial charge in [0.15, 0.2) is 14.1 Å². The zero-order valence-electron chi connectivity index (χ0n) is 23.7. The fourth-order valence-corrected chi connectivity index (χ4v) is 5.85. The lowest BCUT2D eigenvalue weighted by molar-refractivity contribution is -0.142. The van der Waals surface area contributed by atoms with E-state index in [1.165, 1.54) is 19.2 Å². The number of nitrogens with zero attached hydrogens (tertiary/aromatic N) is 1. The average Bonchev–Trinajstić information content (AvgIpc) is 3.71. The fourth-order valence-electron chi connectivity index (χ4n) is 4.50. The van der Waals surface area contributed by atoms with Crippen LogP contribution in [0.2, 0.25) is 18.1 Å². The predicted molar refractivity (Wildman–Crippen MR) is 156 cm³/mol. The molecule has 0 aliphatic heterocycles. The van der Waals surface area contributed by atoms with E-state index < -0.39 is 20.4 Å². The monoisotopic (exact) mass is 547 g/mol. The highest BCUT2D eigenvalue weighted by atomic mass is 28.4. The number of halogens is 1. The van der Waals surface area contributed by atoms with Crippen LogP contribution in [0.4, 0.5) is 4.39 Å². The molecule has 0 bridgehead atoms. The molecule has 5 nitrogen and oxygen atoms in total. The van der Waals surface area contributed by atoms with E-state index in [4.69, 9.17) is 14.1 Å². The Morgan fingerprint density at radius 1 is 1.08 bits per heavy atom. The van der Waals surface area contributed by atoms with Crippen molar-refractivity contribution >= 4 is 37.0 Å². The van der Waals surface area contributed by atoms with Crippen LogP contribution in [-0.2, 0) is 18.8 Å². The maximum atomic E-state index is 13.8. The minimum Gasteiger partial charge on any atom is -0.469 e. The smallest absolute Gasteiger partial charge is 0.308 e. The van der Waals surface area contributed by atoms with Crippen LogP contribution in [0.25, 0.3) is 28.1 Å². The number of rotatable bonds is 10. The second-order valence-corrected chi connectivity index (χ2v) is 16.6. The SMILES string of the molecule is COC(=O)C[C@@H](CC(=O)C=Cc1c(C2CC2)nc2ccccc2c1-c1ccc(F)cc1)O[Si](C)(C)C(C)(C)C. The Kier molecular flexibility index (Phi) is 8.52. The number of pyridine rings is 1. The first-order chi connectivity index (χ1) is 18.4. The molecule has 4 rings (SSSR count). The van der Waals surface area contributed by atoms with Crippen LogP contribution in [0.1, 0.15) is 63.6 Å². The molecule has 0 spiro atoms. The molecule has 0 amide bonds. The zero-order chi connectivity index (χ0) is 28.4. The summed E-state index contributed by atoms with van der Waals surface area (Å²) >= 11 is 0. The van der Waals surface area contributed by atoms with Crippen molar-refractivity contribution in [3.63, 3.8) is 0 Å². The number of aromatic nitrogens is 1. The van der Waals surface area contributed by atoms with Gasteiger partial charge in [-0.2, -0.15) is 0 Å². The molecule has 206 valence electrons. The first-order valence-electron chi connectivity index (χ1n) is 13.5. The van der Waals surface area contributed by atoms with Crippen LogP contribution < -0.4 is 0 Å². The number of carbonyl (C=O) groups excluding carboxylic acids is 2. The lowest BCUT2D eigenvalue weighted by atomic mass is 9.92. The van der Waals surface area contributed by atoms with E-state index in [9.17, 15) is 14.0 Å². The molecule has 0 radical (unpaired) electrons. The quantitative estimate of drug-likeness (QED) is 0.147. The Bertz CT molecular complexity index is 1390. The Morgan fingerprint density at radius 3 is 2.36 bits per heavy atom. The highest BCUT2D eigenvalue weighted by Crippen LogP contribution is 2.45. The number of methoxy groups -OCH3 is 1. The van der Waals surface area contributed by atoms with Crippen molar-refractivity contribution in [3.05, 3.63) is 71.7 Å². The largest absolute Gasteiger partial charge is 0.469 e. The summed E-state index contributed by atoms with van der Waals surface area (Å²) in [4.78, 5) is 30.4. The van der Waals surface area contributed by atoms with Crippen LogP contribution in [-0.4, -0.2) is 38.3 Å². The first-order valence-corrected chi connectivity index (χ1v) is 16.4. The number of fused-ring (bicyclic) bond motifs is 1. The van der Waals surface area contributed by atoms with Gasteiger partial charge in [-0.3, -0.25) is 14.6 Å². The number of hydrogen-bond acceptors (Lipinski definition) is 5. The summed E-state index contributed by atoms with van der Waals surface area (Å²) < 4.78 is 25.2. The van der Waals surface area contributed by atoms with E-state index in [1.54, 1.807) is 18.2 Å². The summed E-state index contributed by atoms with van der Waals surface area (Å²) in [6.45, 7) is 10.6. The molecule has 1 heterocycles. The lowest BCUT2D eigenvalue weighted by Gasteiger charge is -2.39. The summed E-state index contributed by atoms with van der Waals surface area (Å²) in [6.07, 6.45) is 5.04. The number of para-hydroxylation sites is 1. The standard InChI is InChI=1S/C32H38FNO4Si/c1-32(2,3)39(5,6)38-25(20-29(36)37-4)19-24(35)17-18-27-30(21-13-15-23(33)16-14-21)26-9-7-8-10-28(26)34-31(27)22-11-12-22/h7-10,13-18,22,25H,11-12,19-20H2,1-6H3/t25-/m1/s1. The molecule has 1 saturated carbocycles. The molecule has 1 atom stereocenters. The fraction of sp³-hybridized carbons (Fsp3) is 0.406. The summed E-state index contributed by atoms with van der Waals surface area (Å²) in [7, 11) is -0.886. The molecule has 1 aromatic heterocycles. The molecule has 2 aromatic carbocycles. The van der Waals surface area contributed by atoms with E-state index in [0.29, 0.717) is 5.92 Å². The normalized spacial score (nSPS) is 15.1. The third kappa shape index (κ3) is 6.89. The highest BCUT2D eigenvalue weighted by molar-refractivity contribution is 6.74. The predicted octanol–water partition coefficient (Wildman–Crippen LogP) is 7.84. The van der Waals surface area contributed by atoms with Gasteiger partial charge in [-0.1, -0.05) is 51.1 Å². The summed E-state index contributed by atoms with van der Waals surface area (Å²) in [5.74, 6) is -0.505. The molecular weight excluding hydrogens is 509 g/mol. The average molecular weight is 548 g/mol. The van der Waals surface area contributed by atoms with Gasteiger partial charge in [0.25, 0.3) is 0 Å². The molecule has 0 saturated heterocycles. The van der Waals surface area contributed by atoms with Crippen LogP contribution in [0.5, 0.6) is 0 Å². The van der Waals surface area contributed by atoms with Gasteiger partial charge in [-0.25, -0.2) is 4.39 Å². The van der Waals surface area contributed by atoms with E-state index in [-0.39, 0.29) is 29.5 Å². The molecule has 0 N–H and O–H groups in total. The van der Waals surface area contributed by atoms with Crippen molar-refractivity contribution in [2.24, 2.45) is 0 Å². The highest BCUT2D eigenvalue weighted by Gasteiger charge is 2.40. The molecule has 1 aliphatic carbocycles. The topological polar surface area (TPSA) is 65.5 Å². The van der Waals surface area contributed by atoms with Gasteiger partial charge in [0, 0.05) is 28.9 Å². The van der Waals surface area contributed by atoms with Crippen molar-refractivity contribution in [2.75, 3.05) is 7.11 Å². The Balaban J connectivity index is 1.71. The second kappa shape index (κ2) is 11.5. The number of hydrogen-bond donors (Lipinski definition) is 0. The van der Waals surface area contributed by atoms with Crippen LogP contribution >= 0.6 is 0 Å². The van der Waals surface area contributed by atoms with E-state index in [1.807, 2.05) is 30.3 Å². The Labute approximate surface area is 231 Å². The zero-order valence-corrected chi connectivity index (χ0v) is 24.7. The van der Waals surface area contributed by atoms with Gasteiger partial charge in [-0.05, 0) is 66.9 Å². The number of carbonyl (C=O) groups is 2. The summed E-state index contributed by atoms with van der Waals surface area (Å²) in [5.41, 5.74) is 4.53. The van der Waals surface area contributed by atoms with E-state index in [0.717, 1.165) is 46.1 Å². The van der Waals surface area contributed by atoms with Crippen molar-refractivity contribution in [1.82, 2.24) is 4.98 Å². The maximum absolute atomic E-state index is 13.8. The van der Waals surface area contributed by atoms with Gasteiger partial charge >= 0.3 is 5.97 Å². The summed E-state index contributed by atoms with van der Waals surface area (Å²) in [5, 5.41) is 0.880. The Morgan fingerprint density at radius 2 is 1.74 bits per heavy atom. The van der Waals surface area contributed by atoms with Crippen LogP contribution in [0.3, 0.4) is 0 Å². The number of allylic oxidation sites excluding steroid dienone is 1. The van der Waals surface area contributed by atoms with E-state index >= 15 is 0 Å². The summed E-state index contributed by atoms with van der Waals surface area (Å²) in [6, 6.07) is 14.4. The lowest BCUT2D eigenvalue weighted by Crippen LogP contribution is -2.44. The molecule has 1 aliphatic rings. The molecule has 1 fully saturated rings. The Hall–Kier alpha value is -3.16. The van der Waals surface area contributed by atoms with Crippen molar-refractivity contribution in [2.45, 2.75) is 76.6 Å². The van der Waals surface area contributed by atoms with Gasteiger partial charge in [-0.15, -0.1) is 0 Å². The van der Waals surface area contributed by atoms with Gasteiger partial charge in [0.1, 0.15) is 5.82 Å². The minimum atomic E-state index is -2.23. The van der Waals surface area contributed by atoms with Gasteiger partial charge < -0.3 is 9.16 Å². The minimum absolute atomic E-state index is 0.0221. The molecule has 0 unspecified atom stereocenters. The van der Waals surface area contributed by atoms with Gasteiger partial charge in [0.05, 0.1) is 30.8 Å². The first kappa shape index (κ1) is 28.8. The number of benzene rings is 2. The van der Waals surface area contributed by atoms with Crippen LogP contribution in [0.15, 0.2) is 54.6 Å². The van der Waals surface area contributed by atoms with E-state index in [2.05, 4.69) is 33.9 Å². The molecular formula is C32H38FNO4Si. The van der Waals surface area contributed by atoms with Crippen molar-refractivity contribution < 1.29 is 23.1 Å². The third-order valence-corrected chi connectivity index (χ3v) is 12.3. The number of ketones is 1. The second-order valence-electron chi connectivity index (χ2n) is 11.9. The van der Waals surface area contributed by atoms with Crippen molar-refractivity contribution in [3.8, 4) is 11.1 Å². The molecule has 7 heteroatoms. The molecule has 39 heavy (non-hydrogen) atoms. The van der Waals surface area contributed by atoms with Crippen LogP contribution in [0, 0.1) is 5.82 Å². The molecule has 3 aromatic rings. The number of esters is 1. The van der Waals surface area contributed by atoms with Crippen molar-refractivity contribution in [1.29, 1.82) is 0 Å². The maximum Gasteiger partial charge on any atom is 0.308 e. The third-order valence-electron chi connectivity index (χ3n) is 7.81. The number of ether oxygens (including phenoxy) is 1. The van der Waals surface area contributed by atoms with Gasteiger partial charge in [0.2, 0.25) is 0 Å².